The van der Waals surface area contributed by atoms with Gasteiger partial charge in [-0.15, -0.1) is 12.3 Å². The Morgan fingerprint density at radius 3 is 2.79 bits per heavy atom. The van der Waals surface area contributed by atoms with Crippen LogP contribution in [0.15, 0.2) is 34.5 Å². The van der Waals surface area contributed by atoms with E-state index >= 15 is 0 Å². The Morgan fingerprint density at radius 1 is 1.38 bits per heavy atom. The Kier molecular flexibility index (Phi) is 4.91. The van der Waals surface area contributed by atoms with Crippen molar-refractivity contribution >= 4 is 5.91 Å². The van der Waals surface area contributed by atoms with Gasteiger partial charge in [-0.05, 0) is 17.7 Å². The Balaban J connectivity index is 1.61. The first-order valence-corrected chi connectivity index (χ1v) is 8.27. The maximum Gasteiger partial charge on any atom is 0.223 e. The van der Waals surface area contributed by atoms with E-state index < -0.39 is 5.66 Å². The molecule has 2 aliphatic rings. The number of piperazine rings is 1. The van der Waals surface area contributed by atoms with Gasteiger partial charge in [0.1, 0.15) is 5.82 Å². The van der Waals surface area contributed by atoms with E-state index in [1.807, 2.05) is 4.90 Å². The van der Waals surface area contributed by atoms with E-state index in [-0.39, 0.29) is 17.8 Å². The number of nitrogens with one attached hydrogen (secondary N) is 1. The summed E-state index contributed by atoms with van der Waals surface area (Å²) in [4.78, 5) is 14.6. The van der Waals surface area contributed by atoms with Crippen molar-refractivity contribution in [3.63, 3.8) is 0 Å². The third kappa shape index (κ3) is 3.80. The lowest BCUT2D eigenvalue weighted by molar-refractivity contribution is -0.134. The smallest absolute Gasteiger partial charge is 0.223 e. The SMILES string of the molecule is C#CCCC1(CCC(=O)N2CCNCC2c2ccc(F)cc2)N=N1. The minimum Gasteiger partial charge on any atom is -0.333 e. The average molecular weight is 328 g/mol. The van der Waals surface area contributed by atoms with Crippen LogP contribution in [0.1, 0.15) is 37.3 Å². The summed E-state index contributed by atoms with van der Waals surface area (Å²) in [5.74, 6) is 2.41. The number of carbonyl (C=O) groups is 1. The molecule has 6 heteroatoms. The maximum atomic E-state index is 13.1. The van der Waals surface area contributed by atoms with E-state index in [9.17, 15) is 9.18 Å². The highest BCUT2D eigenvalue weighted by Crippen LogP contribution is 2.38. The quantitative estimate of drug-likeness (QED) is 0.816. The fraction of sp³-hybridized carbons (Fsp3) is 0.500. The summed E-state index contributed by atoms with van der Waals surface area (Å²) in [6.07, 6.45) is 7.62. The lowest BCUT2D eigenvalue weighted by Gasteiger charge is -2.37. The summed E-state index contributed by atoms with van der Waals surface area (Å²) < 4.78 is 13.1. The van der Waals surface area contributed by atoms with Crippen molar-refractivity contribution < 1.29 is 9.18 Å². The van der Waals surface area contributed by atoms with E-state index in [2.05, 4.69) is 21.5 Å². The molecular weight excluding hydrogens is 307 g/mol. The molecule has 1 aromatic carbocycles. The Labute approximate surface area is 141 Å². The van der Waals surface area contributed by atoms with Crippen molar-refractivity contribution in [1.29, 1.82) is 0 Å². The van der Waals surface area contributed by atoms with E-state index in [0.717, 1.165) is 12.1 Å². The molecule has 1 aromatic rings. The van der Waals surface area contributed by atoms with E-state index in [0.29, 0.717) is 38.8 Å². The van der Waals surface area contributed by atoms with Crippen LogP contribution in [0.3, 0.4) is 0 Å². The number of hydrogen-bond acceptors (Lipinski definition) is 4. The van der Waals surface area contributed by atoms with Crippen molar-refractivity contribution in [2.45, 2.75) is 37.4 Å². The number of rotatable bonds is 6. The van der Waals surface area contributed by atoms with Crippen LogP contribution in [0, 0.1) is 18.2 Å². The molecule has 0 aliphatic carbocycles. The van der Waals surface area contributed by atoms with Crippen molar-refractivity contribution in [3.8, 4) is 12.3 Å². The second-order valence-electron chi connectivity index (χ2n) is 6.25. The first-order valence-electron chi connectivity index (χ1n) is 8.27. The number of hydrogen-bond donors (Lipinski definition) is 1. The van der Waals surface area contributed by atoms with Crippen LogP contribution in [-0.2, 0) is 4.79 Å². The molecule has 1 N–H and O–H groups in total. The van der Waals surface area contributed by atoms with Gasteiger partial charge in [0.15, 0.2) is 5.66 Å². The standard InChI is InChI=1S/C18H21FN4O/c1-2-3-9-18(21-22-18)10-8-17(24)23-12-11-20-13-16(23)14-4-6-15(19)7-5-14/h1,4-7,16,20H,3,8-13H2. The summed E-state index contributed by atoms with van der Waals surface area (Å²) in [6, 6.07) is 6.29. The van der Waals surface area contributed by atoms with Crippen LogP contribution in [0.5, 0.6) is 0 Å². The highest BCUT2D eigenvalue weighted by atomic mass is 19.1. The fourth-order valence-electron chi connectivity index (χ4n) is 3.10. The predicted molar refractivity (Wildman–Crippen MR) is 88.6 cm³/mol. The number of benzene rings is 1. The first-order chi connectivity index (χ1) is 11.6. The van der Waals surface area contributed by atoms with Crippen LogP contribution >= 0.6 is 0 Å². The molecule has 0 aromatic heterocycles. The molecule has 0 saturated carbocycles. The molecule has 0 bridgehead atoms. The van der Waals surface area contributed by atoms with Crippen molar-refractivity contribution in [2.75, 3.05) is 19.6 Å². The fourth-order valence-corrected chi connectivity index (χ4v) is 3.10. The zero-order valence-corrected chi connectivity index (χ0v) is 13.5. The topological polar surface area (TPSA) is 57.1 Å². The lowest BCUT2D eigenvalue weighted by Crippen LogP contribution is -2.48. The second kappa shape index (κ2) is 7.10. The number of nitrogens with zero attached hydrogens (tertiary/aromatic N) is 3. The number of carbonyl (C=O) groups excluding carboxylic acids is 1. The molecule has 5 nitrogen and oxygen atoms in total. The Bertz CT molecular complexity index is 659. The summed E-state index contributed by atoms with van der Waals surface area (Å²) in [5.41, 5.74) is 0.515. The highest BCUT2D eigenvalue weighted by Gasteiger charge is 2.40. The van der Waals surface area contributed by atoms with Crippen molar-refractivity contribution in [2.24, 2.45) is 10.2 Å². The predicted octanol–water partition coefficient (Wildman–Crippen LogP) is 2.65. The zero-order valence-electron chi connectivity index (χ0n) is 13.5. The normalized spacial score (nSPS) is 21.3. The van der Waals surface area contributed by atoms with Gasteiger partial charge in [-0.2, -0.15) is 10.2 Å². The second-order valence-corrected chi connectivity index (χ2v) is 6.25. The third-order valence-electron chi connectivity index (χ3n) is 4.61. The van der Waals surface area contributed by atoms with Gasteiger partial charge < -0.3 is 10.2 Å². The minimum absolute atomic E-state index is 0.0680. The Hall–Kier alpha value is -2.26. The van der Waals surface area contributed by atoms with Crippen molar-refractivity contribution in [3.05, 3.63) is 35.6 Å². The lowest BCUT2D eigenvalue weighted by atomic mass is 9.99. The molecule has 1 amide bonds. The molecule has 1 saturated heterocycles. The molecule has 0 radical (unpaired) electrons. The summed E-state index contributed by atoms with van der Waals surface area (Å²) in [7, 11) is 0. The minimum atomic E-state index is -0.429. The molecule has 24 heavy (non-hydrogen) atoms. The molecule has 126 valence electrons. The maximum absolute atomic E-state index is 13.1. The van der Waals surface area contributed by atoms with Gasteiger partial charge >= 0.3 is 0 Å². The van der Waals surface area contributed by atoms with Crippen LogP contribution in [0.25, 0.3) is 0 Å². The molecule has 1 atom stereocenters. The number of amides is 1. The molecule has 2 heterocycles. The van der Waals surface area contributed by atoms with Crippen LogP contribution < -0.4 is 5.32 Å². The van der Waals surface area contributed by atoms with Crippen LogP contribution in [0.4, 0.5) is 4.39 Å². The molecular formula is C18H21FN4O. The largest absolute Gasteiger partial charge is 0.333 e. The van der Waals surface area contributed by atoms with Gasteiger partial charge in [0.2, 0.25) is 5.91 Å². The van der Waals surface area contributed by atoms with Gasteiger partial charge in [-0.3, -0.25) is 4.79 Å². The molecule has 1 fully saturated rings. The third-order valence-corrected chi connectivity index (χ3v) is 4.61. The van der Waals surface area contributed by atoms with Gasteiger partial charge in [0.05, 0.1) is 6.04 Å². The first kappa shape index (κ1) is 16.6. The van der Waals surface area contributed by atoms with Gasteiger partial charge in [0.25, 0.3) is 0 Å². The number of terminal acetylenes is 1. The summed E-state index contributed by atoms with van der Waals surface area (Å²) in [6.45, 7) is 2.08. The van der Waals surface area contributed by atoms with Crippen LogP contribution in [0.2, 0.25) is 0 Å². The van der Waals surface area contributed by atoms with E-state index in [1.165, 1.54) is 12.1 Å². The Morgan fingerprint density at radius 2 is 2.12 bits per heavy atom. The van der Waals surface area contributed by atoms with E-state index in [1.54, 1.807) is 12.1 Å². The van der Waals surface area contributed by atoms with Gasteiger partial charge in [-0.1, -0.05) is 12.1 Å². The van der Waals surface area contributed by atoms with Crippen molar-refractivity contribution in [1.82, 2.24) is 10.2 Å². The molecule has 0 spiro atoms. The van der Waals surface area contributed by atoms with Gasteiger partial charge in [-0.25, -0.2) is 4.39 Å². The zero-order chi connectivity index (χ0) is 17.0. The van der Waals surface area contributed by atoms with Gasteiger partial charge in [0, 0.05) is 45.3 Å². The number of halogens is 1. The van der Waals surface area contributed by atoms with E-state index in [4.69, 9.17) is 6.42 Å². The van der Waals surface area contributed by atoms with Crippen LogP contribution in [-0.4, -0.2) is 36.1 Å². The molecule has 1 unspecified atom stereocenters. The molecule has 2 aliphatic heterocycles. The monoisotopic (exact) mass is 328 g/mol. The molecule has 3 rings (SSSR count). The summed E-state index contributed by atoms with van der Waals surface area (Å²) >= 11 is 0. The highest BCUT2D eigenvalue weighted by molar-refractivity contribution is 5.77. The summed E-state index contributed by atoms with van der Waals surface area (Å²) in [5, 5.41) is 11.5. The average Bonchev–Trinajstić information content (AvgIpc) is 3.39.